The molecule has 4 nitrogen and oxygen atoms in total. The molecule has 2 N–H and O–H groups in total. The largest absolute Gasteiger partial charge is 0.335 e. The summed E-state index contributed by atoms with van der Waals surface area (Å²) >= 11 is 0. The smallest absolute Gasteiger partial charge is 0.317 e. The van der Waals surface area contributed by atoms with E-state index in [1.54, 1.807) is 0 Å². The van der Waals surface area contributed by atoms with Crippen LogP contribution in [0.4, 0.5) is 4.79 Å². The molecule has 0 radical (unpaired) electrons. The van der Waals surface area contributed by atoms with Crippen LogP contribution in [-0.4, -0.2) is 43.2 Å². The number of nitrogens with zero attached hydrogens (tertiary/aromatic N) is 1. The third-order valence-electron chi connectivity index (χ3n) is 3.91. The summed E-state index contributed by atoms with van der Waals surface area (Å²) in [7, 11) is 0. The molecule has 2 heterocycles. The Balaban J connectivity index is 1.49. The Morgan fingerprint density at radius 2 is 1.93 bits per heavy atom. The second kappa shape index (κ2) is 3.37. The van der Waals surface area contributed by atoms with Gasteiger partial charge in [0.1, 0.15) is 0 Å². The highest BCUT2D eigenvalue weighted by molar-refractivity contribution is 5.76. The highest BCUT2D eigenvalue weighted by Gasteiger charge is 2.45. The van der Waals surface area contributed by atoms with E-state index in [0.717, 1.165) is 26.2 Å². The average Bonchev–Trinajstić information content (AvgIpc) is 2.99. The van der Waals surface area contributed by atoms with Crippen molar-refractivity contribution in [3.05, 3.63) is 0 Å². The predicted octanol–water partition coefficient (Wildman–Crippen LogP) is 0.544. The van der Waals surface area contributed by atoms with Crippen molar-refractivity contribution in [2.24, 2.45) is 5.41 Å². The molecule has 0 aromatic rings. The van der Waals surface area contributed by atoms with Gasteiger partial charge in [-0.15, -0.1) is 0 Å². The van der Waals surface area contributed by atoms with Crippen LogP contribution in [0.3, 0.4) is 0 Å². The van der Waals surface area contributed by atoms with Crippen molar-refractivity contribution in [1.29, 1.82) is 0 Å². The molecule has 0 unspecified atom stereocenters. The van der Waals surface area contributed by atoms with E-state index in [2.05, 4.69) is 10.6 Å². The quantitative estimate of drug-likeness (QED) is 0.662. The molecule has 3 rings (SSSR count). The Morgan fingerprint density at radius 3 is 2.53 bits per heavy atom. The van der Waals surface area contributed by atoms with Crippen LogP contribution in [0.5, 0.6) is 0 Å². The summed E-state index contributed by atoms with van der Waals surface area (Å²) in [5.74, 6) is 0. The lowest BCUT2D eigenvalue weighted by Crippen LogP contribution is -2.63. The van der Waals surface area contributed by atoms with Crippen molar-refractivity contribution in [1.82, 2.24) is 15.5 Å². The maximum Gasteiger partial charge on any atom is 0.317 e. The van der Waals surface area contributed by atoms with Crippen molar-refractivity contribution in [2.75, 3.05) is 26.2 Å². The van der Waals surface area contributed by atoms with Gasteiger partial charge in [0, 0.05) is 24.5 Å². The minimum atomic E-state index is 0.168. The highest BCUT2D eigenvalue weighted by atomic mass is 16.2. The normalized spacial score (nSPS) is 28.7. The Hall–Kier alpha value is -0.770. The molecule has 1 aliphatic carbocycles. The van der Waals surface area contributed by atoms with E-state index in [0.29, 0.717) is 11.5 Å². The molecule has 0 atom stereocenters. The van der Waals surface area contributed by atoms with Crippen LogP contribution < -0.4 is 10.6 Å². The molecule has 1 saturated carbocycles. The number of rotatable bonds is 1. The number of piperidine rings is 1. The maximum atomic E-state index is 11.7. The van der Waals surface area contributed by atoms with Gasteiger partial charge < -0.3 is 15.5 Å². The second-order valence-corrected chi connectivity index (χ2v) is 5.33. The minimum absolute atomic E-state index is 0.168. The first-order chi connectivity index (χ1) is 7.27. The van der Waals surface area contributed by atoms with Crippen molar-refractivity contribution in [3.63, 3.8) is 0 Å². The Morgan fingerprint density at radius 1 is 1.27 bits per heavy atom. The molecule has 3 aliphatic rings. The van der Waals surface area contributed by atoms with E-state index >= 15 is 0 Å². The van der Waals surface area contributed by atoms with Crippen molar-refractivity contribution >= 4 is 6.03 Å². The van der Waals surface area contributed by atoms with Gasteiger partial charge >= 0.3 is 6.03 Å². The maximum absolute atomic E-state index is 11.7. The highest BCUT2D eigenvalue weighted by Crippen LogP contribution is 2.38. The van der Waals surface area contributed by atoms with Crippen molar-refractivity contribution < 1.29 is 4.79 Å². The van der Waals surface area contributed by atoms with Gasteiger partial charge in [-0.2, -0.15) is 0 Å². The van der Waals surface area contributed by atoms with Gasteiger partial charge in [0.15, 0.2) is 0 Å². The van der Waals surface area contributed by atoms with E-state index in [4.69, 9.17) is 0 Å². The molecule has 0 bridgehead atoms. The van der Waals surface area contributed by atoms with Crippen molar-refractivity contribution in [2.45, 2.75) is 31.7 Å². The fourth-order valence-corrected chi connectivity index (χ4v) is 2.67. The summed E-state index contributed by atoms with van der Waals surface area (Å²) in [5.41, 5.74) is 0.464. The van der Waals surface area contributed by atoms with Crippen LogP contribution in [0.2, 0.25) is 0 Å². The Labute approximate surface area is 90.4 Å². The molecule has 84 valence electrons. The van der Waals surface area contributed by atoms with Gasteiger partial charge in [0.05, 0.1) is 0 Å². The summed E-state index contributed by atoms with van der Waals surface area (Å²) in [5, 5.41) is 6.42. The topological polar surface area (TPSA) is 44.4 Å². The molecule has 15 heavy (non-hydrogen) atoms. The number of urea groups is 1. The molecule has 1 spiro atoms. The fourth-order valence-electron chi connectivity index (χ4n) is 2.67. The lowest BCUT2D eigenvalue weighted by atomic mass is 9.72. The summed E-state index contributed by atoms with van der Waals surface area (Å²) in [6, 6.07) is 0.656. The van der Waals surface area contributed by atoms with E-state index < -0.39 is 0 Å². The van der Waals surface area contributed by atoms with Gasteiger partial charge in [-0.05, 0) is 38.8 Å². The fraction of sp³-hybridized carbons (Fsp3) is 0.909. The molecular formula is C11H19N3O. The third-order valence-corrected chi connectivity index (χ3v) is 3.91. The number of likely N-dealkylation sites (tertiary alicyclic amines) is 1. The van der Waals surface area contributed by atoms with Crippen LogP contribution in [0.15, 0.2) is 0 Å². The number of carbonyl (C=O) groups excluding carboxylic acids is 1. The van der Waals surface area contributed by atoms with Gasteiger partial charge in [-0.1, -0.05) is 0 Å². The first-order valence-electron chi connectivity index (χ1n) is 6.04. The van der Waals surface area contributed by atoms with Crippen LogP contribution in [0.1, 0.15) is 25.7 Å². The minimum Gasteiger partial charge on any atom is -0.335 e. The SMILES string of the molecule is O=C(NC1CC1)N1CC2(CCNCC2)C1. The molecule has 4 heteroatoms. The molecular weight excluding hydrogens is 190 g/mol. The first-order valence-corrected chi connectivity index (χ1v) is 6.04. The van der Waals surface area contributed by atoms with Crippen LogP contribution in [-0.2, 0) is 0 Å². The first kappa shape index (κ1) is 9.46. The van der Waals surface area contributed by atoms with Gasteiger partial charge in [-0.25, -0.2) is 4.79 Å². The Kier molecular flexibility index (Phi) is 2.12. The van der Waals surface area contributed by atoms with E-state index in [9.17, 15) is 4.79 Å². The number of amides is 2. The zero-order chi connectivity index (χ0) is 10.3. The summed E-state index contributed by atoms with van der Waals surface area (Å²) in [6.45, 7) is 4.20. The lowest BCUT2D eigenvalue weighted by molar-refractivity contribution is 0.00630. The van der Waals surface area contributed by atoms with Crippen LogP contribution in [0.25, 0.3) is 0 Å². The van der Waals surface area contributed by atoms with Gasteiger partial charge in [0.2, 0.25) is 0 Å². The number of nitrogens with one attached hydrogen (secondary N) is 2. The monoisotopic (exact) mass is 209 g/mol. The van der Waals surface area contributed by atoms with Crippen molar-refractivity contribution in [3.8, 4) is 0 Å². The summed E-state index contributed by atoms with van der Waals surface area (Å²) in [6.07, 6.45) is 4.82. The predicted molar refractivity (Wildman–Crippen MR) is 57.7 cm³/mol. The van der Waals surface area contributed by atoms with Crippen LogP contribution in [0, 0.1) is 5.41 Å². The van der Waals surface area contributed by atoms with E-state index in [1.807, 2.05) is 4.90 Å². The number of hydrogen-bond donors (Lipinski definition) is 2. The molecule has 2 amide bonds. The molecule has 2 aliphatic heterocycles. The van der Waals surface area contributed by atoms with E-state index in [1.165, 1.54) is 25.7 Å². The van der Waals surface area contributed by atoms with Gasteiger partial charge in [-0.3, -0.25) is 0 Å². The molecule has 0 aromatic carbocycles. The molecule has 3 fully saturated rings. The lowest BCUT2D eigenvalue weighted by Gasteiger charge is -2.52. The number of hydrogen-bond acceptors (Lipinski definition) is 2. The van der Waals surface area contributed by atoms with E-state index in [-0.39, 0.29) is 6.03 Å². The van der Waals surface area contributed by atoms with Gasteiger partial charge in [0.25, 0.3) is 0 Å². The third kappa shape index (κ3) is 1.83. The van der Waals surface area contributed by atoms with Crippen LogP contribution >= 0.6 is 0 Å². The summed E-state index contributed by atoms with van der Waals surface area (Å²) < 4.78 is 0. The average molecular weight is 209 g/mol. The molecule has 0 aromatic heterocycles. The number of carbonyl (C=O) groups is 1. The zero-order valence-electron chi connectivity index (χ0n) is 9.09. The standard InChI is InChI=1S/C11H19N3O/c15-10(13-9-1-2-9)14-7-11(8-14)3-5-12-6-4-11/h9,12H,1-8H2,(H,13,15). The second-order valence-electron chi connectivity index (χ2n) is 5.33. The molecule has 2 saturated heterocycles. The zero-order valence-corrected chi connectivity index (χ0v) is 9.09. The Bertz CT molecular complexity index is 261. The summed E-state index contributed by atoms with van der Waals surface area (Å²) in [4.78, 5) is 13.7.